The molecule has 7 aliphatic carbocycles. The normalized spacial score (nSPS) is 50.6. The highest BCUT2D eigenvalue weighted by Gasteiger charge is 2.66. The molecule has 0 spiro atoms. The third-order valence-electron chi connectivity index (χ3n) is 12.9. The highest BCUT2D eigenvalue weighted by Crippen LogP contribution is 2.69. The lowest BCUT2D eigenvalue weighted by molar-refractivity contribution is -0.163. The standard InChI is InChI=1S/C31H44O7/c1-3-14(4-13(2)30(35)37-18-11-19-15-5-21(20(19)12-18)25(32)9-15)31(36)38-26-10-17-8-24(26)28-22-6-16(27(17)28)7-23(22)29(33)34/h13-28,32H,3-12H2,1-2H3,(H,33,34). The first-order valence-electron chi connectivity index (χ1n) is 15.5. The number of rotatable bonds is 8. The van der Waals surface area contributed by atoms with Crippen LogP contribution in [0.1, 0.15) is 78.1 Å². The van der Waals surface area contributed by atoms with Gasteiger partial charge in [0.15, 0.2) is 0 Å². The molecule has 7 rings (SSSR count). The zero-order valence-electron chi connectivity index (χ0n) is 22.7. The van der Waals surface area contributed by atoms with Crippen LogP contribution in [0, 0.1) is 76.9 Å². The molecule has 16 unspecified atom stereocenters. The van der Waals surface area contributed by atoms with Gasteiger partial charge in [-0.3, -0.25) is 14.4 Å². The highest BCUT2D eigenvalue weighted by atomic mass is 16.5. The zero-order valence-corrected chi connectivity index (χ0v) is 22.7. The second-order valence-corrected chi connectivity index (χ2v) is 14.4. The van der Waals surface area contributed by atoms with Crippen molar-refractivity contribution in [2.45, 2.75) is 96.4 Å². The molecule has 0 amide bonds. The van der Waals surface area contributed by atoms with Crippen LogP contribution in [0.4, 0.5) is 0 Å². The molecule has 7 fully saturated rings. The van der Waals surface area contributed by atoms with Crippen molar-refractivity contribution < 1.29 is 34.1 Å². The molecule has 7 heteroatoms. The van der Waals surface area contributed by atoms with Gasteiger partial charge in [-0.15, -0.1) is 0 Å². The number of aliphatic hydroxyl groups excluding tert-OH is 1. The van der Waals surface area contributed by atoms with E-state index in [9.17, 15) is 24.6 Å². The molecule has 0 radical (unpaired) electrons. The van der Waals surface area contributed by atoms with Crippen LogP contribution >= 0.6 is 0 Å². The van der Waals surface area contributed by atoms with E-state index >= 15 is 0 Å². The molecule has 7 saturated carbocycles. The minimum absolute atomic E-state index is 0.0547. The average Bonchev–Trinajstić information content (AvgIpc) is 3.70. The topological polar surface area (TPSA) is 110 Å². The van der Waals surface area contributed by atoms with Gasteiger partial charge in [0.1, 0.15) is 12.2 Å². The minimum atomic E-state index is -0.648. The van der Waals surface area contributed by atoms with E-state index in [1.807, 2.05) is 13.8 Å². The van der Waals surface area contributed by atoms with Crippen molar-refractivity contribution in [3.63, 3.8) is 0 Å². The molecule has 0 aromatic heterocycles. The smallest absolute Gasteiger partial charge is 0.309 e. The molecule has 0 aliphatic heterocycles. The first-order chi connectivity index (χ1) is 18.2. The molecule has 16 atom stereocenters. The molecule has 7 aliphatic rings. The number of hydrogen-bond donors (Lipinski definition) is 2. The molecule has 210 valence electrons. The van der Waals surface area contributed by atoms with Crippen LogP contribution in [0.15, 0.2) is 0 Å². The molecule has 6 bridgehead atoms. The number of hydrogen-bond acceptors (Lipinski definition) is 6. The van der Waals surface area contributed by atoms with Crippen LogP contribution in [0.25, 0.3) is 0 Å². The van der Waals surface area contributed by atoms with Gasteiger partial charge in [-0.2, -0.15) is 0 Å². The number of carbonyl (C=O) groups excluding carboxylic acids is 2. The van der Waals surface area contributed by atoms with E-state index in [4.69, 9.17) is 9.47 Å². The van der Waals surface area contributed by atoms with Crippen LogP contribution < -0.4 is 0 Å². The molecule has 0 saturated heterocycles. The van der Waals surface area contributed by atoms with E-state index in [0.29, 0.717) is 66.1 Å². The molecule has 0 heterocycles. The van der Waals surface area contributed by atoms with Crippen molar-refractivity contribution in [1.82, 2.24) is 0 Å². The summed E-state index contributed by atoms with van der Waals surface area (Å²) in [5.41, 5.74) is 0. The van der Waals surface area contributed by atoms with Crippen LogP contribution in [-0.2, 0) is 23.9 Å². The van der Waals surface area contributed by atoms with Gasteiger partial charge in [0.25, 0.3) is 0 Å². The molecule has 0 aromatic rings. The number of ether oxygens (including phenoxy) is 2. The quantitative estimate of drug-likeness (QED) is 0.357. The summed E-state index contributed by atoms with van der Waals surface area (Å²) in [6.07, 6.45) is 8.48. The third kappa shape index (κ3) is 3.80. The monoisotopic (exact) mass is 528 g/mol. The van der Waals surface area contributed by atoms with Crippen molar-refractivity contribution in [3.8, 4) is 0 Å². The van der Waals surface area contributed by atoms with E-state index < -0.39 is 5.97 Å². The Labute approximate surface area is 225 Å². The first kappa shape index (κ1) is 25.3. The third-order valence-corrected chi connectivity index (χ3v) is 12.9. The lowest BCUT2D eigenvalue weighted by Gasteiger charge is -2.40. The zero-order chi connectivity index (χ0) is 26.5. The maximum Gasteiger partial charge on any atom is 0.309 e. The lowest BCUT2D eigenvalue weighted by Crippen LogP contribution is -2.42. The molecule has 38 heavy (non-hydrogen) atoms. The van der Waals surface area contributed by atoms with E-state index in [1.54, 1.807) is 0 Å². The lowest BCUT2D eigenvalue weighted by atomic mass is 9.67. The number of fused-ring (bicyclic) bond motifs is 14. The predicted molar refractivity (Wildman–Crippen MR) is 136 cm³/mol. The SMILES string of the molecule is CCC(CC(C)C(=O)OC1CC2C3CC(O)C(C3)C2C1)C(=O)OC1CC2CC1C1C3CC(CC3C(=O)O)C21. The maximum atomic E-state index is 13.3. The van der Waals surface area contributed by atoms with Crippen molar-refractivity contribution in [3.05, 3.63) is 0 Å². The van der Waals surface area contributed by atoms with Crippen LogP contribution in [0.3, 0.4) is 0 Å². The van der Waals surface area contributed by atoms with Gasteiger partial charge in [0.05, 0.1) is 23.9 Å². The van der Waals surface area contributed by atoms with E-state index in [2.05, 4.69) is 0 Å². The summed E-state index contributed by atoms with van der Waals surface area (Å²) >= 11 is 0. The Hall–Kier alpha value is -1.63. The summed E-state index contributed by atoms with van der Waals surface area (Å²) in [6.45, 7) is 3.85. The number of carboxylic acid groups (broad SMARTS) is 1. The molecular weight excluding hydrogens is 484 g/mol. The fourth-order valence-electron chi connectivity index (χ4n) is 11.5. The average molecular weight is 529 g/mol. The summed E-state index contributed by atoms with van der Waals surface area (Å²) in [6, 6.07) is 0. The Morgan fingerprint density at radius 3 is 2.24 bits per heavy atom. The molecular formula is C31H44O7. The van der Waals surface area contributed by atoms with E-state index in [-0.39, 0.29) is 53.9 Å². The predicted octanol–water partition coefficient (Wildman–Crippen LogP) is 4.30. The Kier molecular flexibility index (Phi) is 6.14. The summed E-state index contributed by atoms with van der Waals surface area (Å²) < 4.78 is 12.1. The number of aliphatic carboxylic acids is 1. The Morgan fingerprint density at radius 2 is 1.47 bits per heavy atom. The van der Waals surface area contributed by atoms with E-state index in [0.717, 1.165) is 51.4 Å². The molecule has 7 nitrogen and oxygen atoms in total. The Balaban J connectivity index is 0.921. The van der Waals surface area contributed by atoms with Gasteiger partial charge in [-0.25, -0.2) is 0 Å². The fourth-order valence-corrected chi connectivity index (χ4v) is 11.5. The van der Waals surface area contributed by atoms with Crippen LogP contribution in [0.2, 0.25) is 0 Å². The second kappa shape index (κ2) is 9.21. The van der Waals surface area contributed by atoms with Crippen LogP contribution in [0.5, 0.6) is 0 Å². The fraction of sp³-hybridized carbons (Fsp3) is 0.903. The Morgan fingerprint density at radius 1 is 0.763 bits per heavy atom. The van der Waals surface area contributed by atoms with Crippen molar-refractivity contribution in [2.24, 2.45) is 76.9 Å². The summed E-state index contributed by atoms with van der Waals surface area (Å²) in [7, 11) is 0. The molecule has 2 N–H and O–H groups in total. The first-order valence-corrected chi connectivity index (χ1v) is 15.5. The number of aliphatic hydroxyl groups is 1. The van der Waals surface area contributed by atoms with Gasteiger partial charge in [-0.1, -0.05) is 13.8 Å². The van der Waals surface area contributed by atoms with Gasteiger partial charge in [-0.05, 0) is 123 Å². The maximum absolute atomic E-state index is 13.3. The number of carboxylic acids is 1. The highest BCUT2D eigenvalue weighted by molar-refractivity contribution is 5.76. The second-order valence-electron chi connectivity index (χ2n) is 14.4. The number of carbonyl (C=O) groups is 3. The van der Waals surface area contributed by atoms with Crippen molar-refractivity contribution in [1.29, 1.82) is 0 Å². The molecule has 0 aromatic carbocycles. The van der Waals surface area contributed by atoms with Crippen molar-refractivity contribution in [2.75, 3.05) is 0 Å². The summed E-state index contributed by atoms with van der Waals surface area (Å²) in [4.78, 5) is 38.1. The summed E-state index contributed by atoms with van der Waals surface area (Å²) in [5.74, 6) is 2.85. The number of esters is 2. The largest absolute Gasteiger partial charge is 0.481 e. The van der Waals surface area contributed by atoms with Crippen molar-refractivity contribution >= 4 is 17.9 Å². The van der Waals surface area contributed by atoms with E-state index in [1.165, 1.54) is 0 Å². The minimum Gasteiger partial charge on any atom is -0.481 e. The summed E-state index contributed by atoms with van der Waals surface area (Å²) in [5, 5.41) is 20.0. The van der Waals surface area contributed by atoms with Gasteiger partial charge >= 0.3 is 17.9 Å². The van der Waals surface area contributed by atoms with Gasteiger partial charge in [0.2, 0.25) is 0 Å². The van der Waals surface area contributed by atoms with Crippen LogP contribution in [-0.4, -0.2) is 46.4 Å². The Bertz CT molecular complexity index is 995. The van der Waals surface area contributed by atoms with Gasteiger partial charge < -0.3 is 19.7 Å². The van der Waals surface area contributed by atoms with Gasteiger partial charge in [0, 0.05) is 0 Å².